The molecule has 1 aromatic carbocycles. The average Bonchev–Trinajstić information content (AvgIpc) is 2.76. The van der Waals surface area contributed by atoms with Crippen molar-refractivity contribution >= 4 is 11.6 Å². The Hall–Kier alpha value is -2.56. The molecule has 0 unspecified atom stereocenters. The van der Waals surface area contributed by atoms with E-state index in [0.717, 1.165) is 60.3 Å². The van der Waals surface area contributed by atoms with Crippen LogP contribution >= 0.6 is 0 Å². The van der Waals surface area contributed by atoms with Crippen molar-refractivity contribution in [1.29, 1.82) is 0 Å². The topological polar surface area (TPSA) is 55.8 Å². The summed E-state index contributed by atoms with van der Waals surface area (Å²) in [4.78, 5) is 29.7. The van der Waals surface area contributed by atoms with E-state index < -0.39 is 0 Å². The molecule has 0 amide bonds. The lowest BCUT2D eigenvalue weighted by Crippen LogP contribution is -2.44. The van der Waals surface area contributed by atoms with Gasteiger partial charge in [-0.3, -0.25) is 9.59 Å². The molecular weight excluding hydrogens is 438 g/mol. The minimum absolute atomic E-state index is 0.102. The van der Waals surface area contributed by atoms with Crippen molar-refractivity contribution in [2.45, 2.75) is 86.0 Å². The predicted molar refractivity (Wildman–Crippen MR) is 139 cm³/mol. The van der Waals surface area contributed by atoms with Crippen LogP contribution in [0.25, 0.3) is 0 Å². The summed E-state index contributed by atoms with van der Waals surface area (Å²) in [7, 11) is 1.64. The minimum Gasteiger partial charge on any atom is -0.493 e. The second-order valence-corrected chi connectivity index (χ2v) is 11.9. The SMILES string of the molecule is CCCCOc1ccc(C2C3=C(CC(C)(C)CC3=O)N(CC)C3=C2C(=O)CC(C)(C)C3)cc1OC. The summed E-state index contributed by atoms with van der Waals surface area (Å²) in [5.74, 6) is 1.31. The molecule has 0 saturated carbocycles. The maximum atomic E-state index is 13.7. The minimum atomic E-state index is -0.353. The van der Waals surface area contributed by atoms with Crippen molar-refractivity contribution in [2.75, 3.05) is 20.3 Å². The first kappa shape index (κ1) is 25.5. The van der Waals surface area contributed by atoms with Gasteiger partial charge in [0.2, 0.25) is 0 Å². The summed E-state index contributed by atoms with van der Waals surface area (Å²) < 4.78 is 11.7. The zero-order chi connectivity index (χ0) is 25.5. The Morgan fingerprint density at radius 2 is 1.46 bits per heavy atom. The maximum Gasteiger partial charge on any atom is 0.162 e. The molecule has 3 aliphatic rings. The van der Waals surface area contributed by atoms with Gasteiger partial charge in [0.25, 0.3) is 0 Å². The Labute approximate surface area is 210 Å². The van der Waals surface area contributed by atoms with Gasteiger partial charge in [-0.25, -0.2) is 0 Å². The third-order valence-electron chi connectivity index (χ3n) is 7.61. The molecule has 0 N–H and O–H groups in total. The molecule has 1 aromatic rings. The number of allylic oxidation sites excluding steroid dienone is 4. The number of methoxy groups -OCH3 is 1. The lowest BCUT2D eigenvalue weighted by molar-refractivity contribution is -0.119. The molecule has 0 bridgehead atoms. The molecular formula is C30H41NO4. The van der Waals surface area contributed by atoms with Crippen LogP contribution in [0, 0.1) is 10.8 Å². The zero-order valence-electron chi connectivity index (χ0n) is 22.5. The standard InChI is InChI=1S/C30H41NO4/c1-8-10-13-35-24-12-11-19(14-25(24)34-7)26-27-20(15-29(3,4)17-22(27)32)31(9-2)21-16-30(5,6)18-23(33)28(21)26/h11-12,14,26H,8-10,13,15-18H2,1-7H3. The van der Waals surface area contributed by atoms with Gasteiger partial charge in [-0.1, -0.05) is 47.1 Å². The monoisotopic (exact) mass is 479 g/mol. The van der Waals surface area contributed by atoms with E-state index in [1.54, 1.807) is 7.11 Å². The average molecular weight is 480 g/mol. The van der Waals surface area contributed by atoms with Crippen LogP contribution in [0.4, 0.5) is 0 Å². The van der Waals surface area contributed by atoms with Gasteiger partial charge < -0.3 is 14.4 Å². The molecule has 5 nitrogen and oxygen atoms in total. The smallest absolute Gasteiger partial charge is 0.162 e. The molecule has 0 aromatic heterocycles. The third kappa shape index (κ3) is 4.79. The van der Waals surface area contributed by atoms with Gasteiger partial charge in [-0.05, 0) is 54.7 Å². The predicted octanol–water partition coefficient (Wildman–Crippen LogP) is 6.58. The number of nitrogens with zero attached hydrogens (tertiary/aromatic N) is 1. The largest absolute Gasteiger partial charge is 0.493 e. The van der Waals surface area contributed by atoms with Crippen molar-refractivity contribution in [3.8, 4) is 11.5 Å². The Bertz CT molecular complexity index is 1040. The van der Waals surface area contributed by atoms with Crippen LogP contribution in [0.5, 0.6) is 11.5 Å². The van der Waals surface area contributed by atoms with Crippen molar-refractivity contribution in [2.24, 2.45) is 10.8 Å². The number of carbonyl (C=O) groups excluding carboxylic acids is 2. The molecule has 2 aliphatic carbocycles. The van der Waals surface area contributed by atoms with Crippen LogP contribution < -0.4 is 9.47 Å². The number of ether oxygens (including phenoxy) is 2. The van der Waals surface area contributed by atoms with Gasteiger partial charge >= 0.3 is 0 Å². The van der Waals surface area contributed by atoms with Gasteiger partial charge in [0.05, 0.1) is 13.7 Å². The molecule has 0 saturated heterocycles. The Kier molecular flexibility index (Phi) is 6.91. The van der Waals surface area contributed by atoms with E-state index in [9.17, 15) is 9.59 Å². The van der Waals surface area contributed by atoms with E-state index in [-0.39, 0.29) is 28.3 Å². The number of unbranched alkanes of at least 4 members (excludes halogenated alkanes) is 1. The molecule has 5 heteroatoms. The first-order valence-electron chi connectivity index (χ1n) is 13.1. The molecule has 4 rings (SSSR count). The Morgan fingerprint density at radius 3 is 1.94 bits per heavy atom. The maximum absolute atomic E-state index is 13.7. The summed E-state index contributed by atoms with van der Waals surface area (Å²) in [5, 5.41) is 0. The van der Waals surface area contributed by atoms with E-state index in [2.05, 4.69) is 46.4 Å². The molecule has 0 spiro atoms. The molecule has 0 atom stereocenters. The van der Waals surface area contributed by atoms with E-state index in [4.69, 9.17) is 9.47 Å². The van der Waals surface area contributed by atoms with Crippen LogP contribution in [0.1, 0.15) is 91.5 Å². The second-order valence-electron chi connectivity index (χ2n) is 11.9. The van der Waals surface area contributed by atoms with Gasteiger partial charge in [-0.2, -0.15) is 0 Å². The number of ketones is 2. The van der Waals surface area contributed by atoms with E-state index in [0.29, 0.717) is 30.9 Å². The first-order chi connectivity index (χ1) is 16.5. The van der Waals surface area contributed by atoms with Crippen LogP contribution in [-0.4, -0.2) is 36.7 Å². The number of Topliss-reactive ketones (excluding diaryl/α,β-unsaturated/α-hetero) is 2. The summed E-state index contributed by atoms with van der Waals surface area (Å²) >= 11 is 0. The lowest BCUT2D eigenvalue weighted by atomic mass is 9.63. The van der Waals surface area contributed by atoms with Gasteiger partial charge in [-0.15, -0.1) is 0 Å². The zero-order valence-corrected chi connectivity index (χ0v) is 22.5. The molecule has 0 fully saturated rings. The van der Waals surface area contributed by atoms with E-state index in [1.807, 2.05) is 18.2 Å². The first-order valence-corrected chi connectivity index (χ1v) is 13.1. The second kappa shape index (κ2) is 9.48. The van der Waals surface area contributed by atoms with Gasteiger partial charge in [0, 0.05) is 47.8 Å². The summed E-state index contributed by atoms with van der Waals surface area (Å²) in [6, 6.07) is 5.93. The van der Waals surface area contributed by atoms with Gasteiger partial charge in [0.15, 0.2) is 23.1 Å². The lowest BCUT2D eigenvalue weighted by Gasteiger charge is -2.48. The molecule has 35 heavy (non-hydrogen) atoms. The van der Waals surface area contributed by atoms with Crippen molar-refractivity contribution in [3.05, 3.63) is 46.3 Å². The van der Waals surface area contributed by atoms with Crippen LogP contribution in [0.15, 0.2) is 40.7 Å². The normalized spacial score (nSPS) is 21.7. The molecule has 1 aliphatic heterocycles. The van der Waals surface area contributed by atoms with Crippen LogP contribution in [0.3, 0.4) is 0 Å². The molecule has 0 radical (unpaired) electrons. The molecule has 1 heterocycles. The van der Waals surface area contributed by atoms with Crippen molar-refractivity contribution in [3.63, 3.8) is 0 Å². The number of hydrogen-bond acceptors (Lipinski definition) is 5. The van der Waals surface area contributed by atoms with E-state index in [1.165, 1.54) is 0 Å². The Morgan fingerprint density at radius 1 is 0.886 bits per heavy atom. The molecule has 190 valence electrons. The number of rotatable bonds is 7. The number of carbonyl (C=O) groups is 2. The highest BCUT2D eigenvalue weighted by Gasteiger charge is 2.48. The quantitative estimate of drug-likeness (QED) is 0.414. The summed E-state index contributed by atoms with van der Waals surface area (Å²) in [6.45, 7) is 14.3. The summed E-state index contributed by atoms with van der Waals surface area (Å²) in [6.07, 6.45) is 4.69. The van der Waals surface area contributed by atoms with Crippen molar-refractivity contribution < 1.29 is 19.1 Å². The van der Waals surface area contributed by atoms with Crippen LogP contribution in [-0.2, 0) is 9.59 Å². The van der Waals surface area contributed by atoms with Gasteiger partial charge in [0.1, 0.15) is 0 Å². The highest BCUT2D eigenvalue weighted by atomic mass is 16.5. The van der Waals surface area contributed by atoms with Crippen LogP contribution in [0.2, 0.25) is 0 Å². The Balaban J connectivity index is 1.90. The third-order valence-corrected chi connectivity index (χ3v) is 7.61. The number of hydrogen-bond donors (Lipinski definition) is 0. The fourth-order valence-corrected chi connectivity index (χ4v) is 6.07. The fraction of sp³-hybridized carbons (Fsp3) is 0.600. The highest BCUT2D eigenvalue weighted by molar-refractivity contribution is 6.06. The summed E-state index contributed by atoms with van der Waals surface area (Å²) in [5.41, 5.74) is 4.54. The van der Waals surface area contributed by atoms with Crippen molar-refractivity contribution in [1.82, 2.24) is 4.90 Å². The highest BCUT2D eigenvalue weighted by Crippen LogP contribution is 2.54. The van der Waals surface area contributed by atoms with E-state index >= 15 is 0 Å². The number of benzene rings is 1. The fourth-order valence-electron chi connectivity index (χ4n) is 6.07.